The third-order valence-corrected chi connectivity index (χ3v) is 12.9. The Morgan fingerprint density at radius 2 is 1.77 bits per heavy atom. The molecule has 2 aromatic heterocycles. The fourth-order valence-electron chi connectivity index (χ4n) is 9.13. The molecule has 1 saturated heterocycles. The summed E-state index contributed by atoms with van der Waals surface area (Å²) in [5.41, 5.74) is 17.6. The Bertz CT molecular complexity index is 2410. The third kappa shape index (κ3) is 24.8. The van der Waals surface area contributed by atoms with E-state index in [9.17, 15) is 29.1 Å². The van der Waals surface area contributed by atoms with Crippen molar-refractivity contribution in [2.24, 2.45) is 23.0 Å². The Hall–Kier alpha value is -4.80. The van der Waals surface area contributed by atoms with Gasteiger partial charge in [0.15, 0.2) is 6.29 Å². The largest absolute Gasteiger partial charge is 1.00 e. The first-order chi connectivity index (χ1) is 36.0. The van der Waals surface area contributed by atoms with Crippen molar-refractivity contribution in [2.75, 3.05) is 61.5 Å². The summed E-state index contributed by atoms with van der Waals surface area (Å²) in [5, 5.41) is 15.0. The number of ether oxygens (including phenoxy) is 2. The van der Waals surface area contributed by atoms with Gasteiger partial charge in [-0.1, -0.05) is 65.0 Å². The quantitative estimate of drug-likeness (QED) is 0.0271. The van der Waals surface area contributed by atoms with Gasteiger partial charge in [-0.15, -0.1) is 0 Å². The van der Waals surface area contributed by atoms with Crippen molar-refractivity contribution in [3.63, 3.8) is 0 Å². The number of likely N-dealkylation sites (tertiary alicyclic amines) is 1. The predicted octanol–water partition coefficient (Wildman–Crippen LogP) is 4.81. The fraction of sp³-hybridized carbons (Fsp3) is 0.533. The predicted molar refractivity (Wildman–Crippen MR) is 308 cm³/mol. The normalized spacial score (nSPS) is 16.8. The van der Waals surface area contributed by atoms with Crippen LogP contribution in [0.25, 0.3) is 33.3 Å². The van der Waals surface area contributed by atoms with Gasteiger partial charge in [0.2, 0.25) is 6.41 Å². The number of amides is 1. The number of nitrogens with zero attached hydrogens (tertiary/aromatic N) is 4. The molecule has 17 heteroatoms. The first-order valence-corrected chi connectivity index (χ1v) is 26.3. The minimum absolute atomic E-state index is 0. The van der Waals surface area contributed by atoms with Gasteiger partial charge in [0.25, 0.3) is 0 Å². The molecular formula is C60H92N8NaO8-. The van der Waals surface area contributed by atoms with Crippen LogP contribution in [-0.2, 0) is 59.4 Å². The molecular weight excluding hydrogens is 984 g/mol. The molecule has 2 aromatic carbocycles. The molecule has 6 rings (SSSR count). The van der Waals surface area contributed by atoms with Gasteiger partial charge in [0.1, 0.15) is 24.4 Å². The Balaban J connectivity index is 0.00000147. The zero-order valence-electron chi connectivity index (χ0n) is 48.9. The minimum Gasteiger partial charge on any atom is -0.508 e. The molecule has 0 saturated carbocycles. The Kier molecular flexibility index (Phi) is 37.1. The number of hydrogen-bond acceptors (Lipinski definition) is 14. The van der Waals surface area contributed by atoms with Crippen molar-refractivity contribution in [3.8, 4) is 40.0 Å². The van der Waals surface area contributed by atoms with Gasteiger partial charge >= 0.3 is 35.5 Å². The number of carbonyl (C=O) groups is 5. The number of aromatic nitrogens is 2. The molecule has 3 unspecified atom stereocenters. The summed E-state index contributed by atoms with van der Waals surface area (Å²) >= 11 is 0. The molecule has 422 valence electrons. The number of benzene rings is 2. The van der Waals surface area contributed by atoms with Crippen molar-refractivity contribution in [3.05, 3.63) is 85.9 Å². The van der Waals surface area contributed by atoms with Crippen molar-refractivity contribution in [2.45, 2.75) is 131 Å². The molecule has 2 aliphatic rings. The number of rotatable bonds is 15. The number of nitrogens with one attached hydrogen (secondary N) is 3. The van der Waals surface area contributed by atoms with E-state index >= 15 is 0 Å². The van der Waals surface area contributed by atoms with Gasteiger partial charge in [-0.3, -0.25) is 29.7 Å². The standard InChI is InChI=1S/C36H44N4O5.C9H14NO.C7H15NO.C6H11NO.CH5N.CH3.Na/c1-5-40-33-14-13-25-19-29(33)30(34(40)28-11-9-15-37-32(28)21-44-4)20-36(2,3)22-45-35(43)31(39-38-23-41)12-8-6-7-10-24-16-26(25)18-27(42)17-24;1-3-6-9(2)10-7-4-5-8-11;1-6(2)7(5-9)8(3)4;1-7-3-2-6(4-7)5-8;1-2;;/h9,11,13-19,23,31,39,42H,5-8,10,12,20-22H2,1-4H3,(H,38,41);8-10H,1,3,6-7H2,2H3;5-7H,1-4H3;5-6H,2-4H2,1H3;2H2,1H3;1H3;/q;-1;;;;-1;+1/t31-;;;;;;/m0....../s1. The maximum absolute atomic E-state index is 13.3. The fourth-order valence-corrected chi connectivity index (χ4v) is 9.13. The van der Waals surface area contributed by atoms with Crippen LogP contribution >= 0.6 is 0 Å². The summed E-state index contributed by atoms with van der Waals surface area (Å²) in [4.78, 5) is 63.3. The second kappa shape index (κ2) is 39.5. The van der Waals surface area contributed by atoms with E-state index in [0.717, 1.165) is 127 Å². The van der Waals surface area contributed by atoms with Gasteiger partial charge in [-0.05, 0) is 151 Å². The number of nitrogens with two attached hydrogens (primary N) is 1. The van der Waals surface area contributed by atoms with Crippen LogP contribution in [0.3, 0.4) is 0 Å². The number of likely N-dealkylation sites (N-methyl/N-ethyl adjacent to an activating group) is 1. The number of aryl methyl sites for hydroxylation is 2. The van der Waals surface area contributed by atoms with Crippen LogP contribution in [0.1, 0.15) is 103 Å². The monoisotopic (exact) mass is 1080 g/mol. The Morgan fingerprint density at radius 3 is 2.32 bits per heavy atom. The smallest absolute Gasteiger partial charge is 0.508 e. The molecule has 4 atom stereocenters. The maximum Gasteiger partial charge on any atom is 1.00 e. The van der Waals surface area contributed by atoms with Crippen LogP contribution in [0.2, 0.25) is 0 Å². The molecule has 6 N–H and O–H groups in total. The van der Waals surface area contributed by atoms with Crippen LogP contribution in [0.4, 0.5) is 0 Å². The summed E-state index contributed by atoms with van der Waals surface area (Å²) in [7, 11) is 9.05. The van der Waals surface area contributed by atoms with Gasteiger partial charge in [0, 0.05) is 60.2 Å². The van der Waals surface area contributed by atoms with E-state index in [-0.39, 0.29) is 61.4 Å². The maximum atomic E-state index is 13.3. The van der Waals surface area contributed by atoms with E-state index in [2.05, 4.69) is 113 Å². The number of hydrazine groups is 1. The number of phenols is 1. The molecule has 1 amide bonds. The van der Waals surface area contributed by atoms with Crippen LogP contribution < -0.4 is 51.5 Å². The van der Waals surface area contributed by atoms with Gasteiger partial charge in [-0.2, -0.15) is 6.42 Å². The van der Waals surface area contributed by atoms with E-state index in [1.165, 1.54) is 7.05 Å². The number of fused-ring (bicyclic) bond motifs is 4. The number of esters is 1. The number of hydrogen-bond donors (Lipinski definition) is 5. The van der Waals surface area contributed by atoms with Gasteiger partial charge in [0.05, 0.1) is 37.2 Å². The van der Waals surface area contributed by atoms with Crippen LogP contribution in [-0.4, -0.2) is 135 Å². The average molecular weight is 1080 g/mol. The second-order valence-electron chi connectivity index (χ2n) is 20.3. The number of aromatic hydroxyl groups is 1. The zero-order valence-corrected chi connectivity index (χ0v) is 50.9. The van der Waals surface area contributed by atoms with Crippen LogP contribution in [0, 0.1) is 43.4 Å². The van der Waals surface area contributed by atoms with Crippen molar-refractivity contribution in [1.29, 1.82) is 0 Å². The minimum atomic E-state index is -0.649. The van der Waals surface area contributed by atoms with E-state index in [0.29, 0.717) is 56.6 Å². The number of cyclic esters (lactones) is 1. The average Bonchev–Trinajstić information content (AvgIpc) is 3.95. The molecule has 77 heavy (non-hydrogen) atoms. The molecule has 4 bridgehead atoms. The van der Waals surface area contributed by atoms with E-state index in [1.54, 1.807) is 13.3 Å². The van der Waals surface area contributed by atoms with Crippen molar-refractivity contribution in [1.82, 2.24) is 35.5 Å². The zero-order chi connectivity index (χ0) is 55.9. The number of phenolic OH excluding ortho intramolecular Hbond substituents is 1. The van der Waals surface area contributed by atoms with Gasteiger partial charge < -0.3 is 59.0 Å². The molecule has 4 heterocycles. The molecule has 0 aliphatic carbocycles. The summed E-state index contributed by atoms with van der Waals surface area (Å²) in [6.07, 6.45) is 12.5. The summed E-state index contributed by atoms with van der Waals surface area (Å²) in [6, 6.07) is 16.3. The van der Waals surface area contributed by atoms with E-state index in [4.69, 9.17) is 9.47 Å². The SMILES string of the molecule is CC(C)C(C=O)N(C)C.CCn1c(-c2cccnc2COC)c2c3cc(ccc31)-c1cc(O)cc(c1)CCCCC[C@H](NNC=O)C(=O)OCC(C)(C)C2.CN.CN1CCC(C=O)C1.[CH2-]CCC(C)NCC#CC=O.[CH3-].[Na+]. The van der Waals surface area contributed by atoms with E-state index in [1.807, 2.05) is 58.1 Å². The summed E-state index contributed by atoms with van der Waals surface area (Å²) in [6.45, 7) is 20.2. The Labute approximate surface area is 484 Å². The summed E-state index contributed by atoms with van der Waals surface area (Å²) < 4.78 is 13.8. The van der Waals surface area contributed by atoms with E-state index < -0.39 is 11.5 Å². The molecule has 1 fully saturated rings. The number of pyridine rings is 1. The summed E-state index contributed by atoms with van der Waals surface area (Å²) in [5.74, 6) is 5.61. The first-order valence-electron chi connectivity index (χ1n) is 26.3. The number of methoxy groups -OCH3 is 1. The number of carbonyl (C=O) groups excluding carboxylic acids is 5. The topological polar surface area (TPSA) is 210 Å². The molecule has 0 spiro atoms. The van der Waals surface area contributed by atoms with Crippen molar-refractivity contribution < 1.29 is 68.1 Å². The van der Waals surface area contributed by atoms with Crippen LogP contribution in [0.15, 0.2) is 54.7 Å². The third-order valence-electron chi connectivity index (χ3n) is 12.9. The van der Waals surface area contributed by atoms with Crippen LogP contribution in [0.5, 0.6) is 5.75 Å². The molecule has 2 aliphatic heterocycles. The number of aldehydes is 3. The Morgan fingerprint density at radius 1 is 1.04 bits per heavy atom. The first kappa shape index (κ1) is 72.2. The van der Waals surface area contributed by atoms with Crippen molar-refractivity contribution >= 4 is 42.1 Å². The molecule has 4 aromatic rings. The molecule has 0 radical (unpaired) electrons. The molecule has 16 nitrogen and oxygen atoms in total. The van der Waals surface area contributed by atoms with Gasteiger partial charge in [-0.25, -0.2) is 5.43 Å². The second-order valence-corrected chi connectivity index (χ2v) is 20.3.